The third-order valence-electron chi connectivity index (χ3n) is 4.75. The molecule has 4 N–H and O–H groups in total. The first-order valence-corrected chi connectivity index (χ1v) is 7.50. The topological polar surface area (TPSA) is 80.1 Å². The molecule has 5 heteroatoms. The van der Waals surface area contributed by atoms with Crippen molar-refractivity contribution in [1.29, 1.82) is 0 Å². The minimum atomic E-state index is -0.112. The van der Waals surface area contributed by atoms with Gasteiger partial charge < -0.3 is 20.8 Å². The molecule has 0 bridgehead atoms. The second-order valence-electron chi connectivity index (χ2n) is 5.99. The van der Waals surface area contributed by atoms with Crippen LogP contribution in [0, 0.1) is 5.92 Å². The summed E-state index contributed by atoms with van der Waals surface area (Å²) in [5.41, 5.74) is 7.71. The first-order chi connectivity index (χ1) is 10.2. The largest absolute Gasteiger partial charge is 0.376 e. The van der Waals surface area contributed by atoms with Crippen LogP contribution < -0.4 is 11.1 Å². The van der Waals surface area contributed by atoms with Gasteiger partial charge in [-0.2, -0.15) is 0 Å². The zero-order valence-corrected chi connectivity index (χ0v) is 11.7. The van der Waals surface area contributed by atoms with E-state index in [1.54, 1.807) is 0 Å². The Labute approximate surface area is 122 Å². The fraction of sp³-hybridized carbons (Fsp3) is 0.438. The smallest absolute Gasteiger partial charge is 0.268 e. The number of para-hydroxylation sites is 1. The molecule has 1 aromatic heterocycles. The van der Waals surface area contributed by atoms with Crippen LogP contribution >= 0.6 is 0 Å². The lowest BCUT2D eigenvalue weighted by atomic mass is 9.68. The monoisotopic (exact) mass is 285 g/mol. The number of benzene rings is 1. The average molecular weight is 285 g/mol. The van der Waals surface area contributed by atoms with Crippen LogP contribution in [0.2, 0.25) is 0 Å². The summed E-state index contributed by atoms with van der Waals surface area (Å²) in [6.45, 7) is 0.770. The lowest BCUT2D eigenvalue weighted by Crippen LogP contribution is -2.72. The Kier molecular flexibility index (Phi) is 2.97. The first-order valence-electron chi connectivity index (χ1n) is 7.50. The van der Waals surface area contributed by atoms with Gasteiger partial charge in [-0.3, -0.25) is 4.79 Å². The van der Waals surface area contributed by atoms with Crippen molar-refractivity contribution in [2.24, 2.45) is 11.7 Å². The standard InChI is InChI=1S/C16H19N3O2/c17-13-10-5-3-7-21-15(10)14(13)19-16(20)12-8-9-4-1-2-6-11(9)18-12/h1-2,4,6,8,10,13-15,18H,3,5,7,17H2,(H,19,20). The van der Waals surface area contributed by atoms with Crippen molar-refractivity contribution in [3.8, 4) is 0 Å². The van der Waals surface area contributed by atoms with Gasteiger partial charge in [-0.15, -0.1) is 0 Å². The van der Waals surface area contributed by atoms with Crippen molar-refractivity contribution in [2.45, 2.75) is 31.0 Å². The average Bonchev–Trinajstić information content (AvgIpc) is 2.96. The molecular weight excluding hydrogens is 266 g/mol. The molecule has 0 radical (unpaired) electrons. The summed E-state index contributed by atoms with van der Waals surface area (Å²) in [5.74, 6) is 0.283. The summed E-state index contributed by atoms with van der Waals surface area (Å²) in [4.78, 5) is 15.5. The zero-order chi connectivity index (χ0) is 14.4. The summed E-state index contributed by atoms with van der Waals surface area (Å²) < 4.78 is 5.75. The lowest BCUT2D eigenvalue weighted by Gasteiger charge is -2.52. The molecule has 110 valence electrons. The van der Waals surface area contributed by atoms with E-state index in [1.165, 1.54) is 0 Å². The molecule has 0 spiro atoms. The fourth-order valence-electron chi connectivity index (χ4n) is 3.55. The Morgan fingerprint density at radius 3 is 3.10 bits per heavy atom. The number of H-pyrrole nitrogens is 1. The predicted octanol–water partition coefficient (Wildman–Crippen LogP) is 1.40. The predicted molar refractivity (Wildman–Crippen MR) is 80.0 cm³/mol. The molecule has 4 atom stereocenters. The van der Waals surface area contributed by atoms with Crippen molar-refractivity contribution in [3.63, 3.8) is 0 Å². The highest BCUT2D eigenvalue weighted by Crippen LogP contribution is 2.37. The maximum atomic E-state index is 12.4. The van der Waals surface area contributed by atoms with Crippen LogP contribution in [-0.4, -0.2) is 35.7 Å². The van der Waals surface area contributed by atoms with E-state index in [-0.39, 0.29) is 24.1 Å². The van der Waals surface area contributed by atoms with Gasteiger partial charge in [-0.1, -0.05) is 18.2 Å². The highest BCUT2D eigenvalue weighted by Gasteiger charge is 2.51. The molecule has 1 aliphatic carbocycles. The molecule has 4 rings (SSSR count). The summed E-state index contributed by atoms with van der Waals surface area (Å²) in [7, 11) is 0. The number of nitrogens with two attached hydrogens (primary N) is 1. The Bertz CT molecular complexity index is 648. The van der Waals surface area contributed by atoms with E-state index >= 15 is 0 Å². The van der Waals surface area contributed by atoms with Gasteiger partial charge in [-0.25, -0.2) is 0 Å². The summed E-state index contributed by atoms with van der Waals surface area (Å²) >= 11 is 0. The van der Waals surface area contributed by atoms with Crippen molar-refractivity contribution in [1.82, 2.24) is 10.3 Å². The van der Waals surface area contributed by atoms with Gasteiger partial charge in [0.2, 0.25) is 0 Å². The molecule has 5 nitrogen and oxygen atoms in total. The zero-order valence-electron chi connectivity index (χ0n) is 11.7. The van der Waals surface area contributed by atoms with E-state index in [9.17, 15) is 4.79 Å². The van der Waals surface area contributed by atoms with E-state index < -0.39 is 0 Å². The number of rotatable bonds is 2. The number of carbonyl (C=O) groups excluding carboxylic acids is 1. The fourth-order valence-corrected chi connectivity index (χ4v) is 3.55. The molecular formula is C16H19N3O2. The van der Waals surface area contributed by atoms with Gasteiger partial charge in [0.25, 0.3) is 5.91 Å². The van der Waals surface area contributed by atoms with Gasteiger partial charge >= 0.3 is 0 Å². The summed E-state index contributed by atoms with van der Waals surface area (Å²) in [6, 6.07) is 9.65. The molecule has 1 aliphatic heterocycles. The highest BCUT2D eigenvalue weighted by molar-refractivity contribution is 5.98. The van der Waals surface area contributed by atoms with Crippen LogP contribution in [0.4, 0.5) is 0 Å². The minimum Gasteiger partial charge on any atom is -0.376 e. The van der Waals surface area contributed by atoms with Crippen LogP contribution in [0.15, 0.2) is 30.3 Å². The van der Waals surface area contributed by atoms with Crippen LogP contribution in [0.1, 0.15) is 23.3 Å². The summed E-state index contributed by atoms with van der Waals surface area (Å²) in [6.07, 6.45) is 2.25. The Morgan fingerprint density at radius 2 is 2.24 bits per heavy atom. The van der Waals surface area contributed by atoms with E-state index in [0.717, 1.165) is 30.4 Å². The van der Waals surface area contributed by atoms with E-state index in [0.29, 0.717) is 11.6 Å². The number of nitrogens with one attached hydrogen (secondary N) is 2. The molecule has 1 saturated heterocycles. The number of aromatic nitrogens is 1. The van der Waals surface area contributed by atoms with Crippen molar-refractivity contribution in [3.05, 3.63) is 36.0 Å². The van der Waals surface area contributed by atoms with Crippen LogP contribution in [0.5, 0.6) is 0 Å². The van der Waals surface area contributed by atoms with Crippen LogP contribution in [-0.2, 0) is 4.74 Å². The Hall–Kier alpha value is -1.85. The molecule has 2 fully saturated rings. The number of carbonyl (C=O) groups is 1. The Morgan fingerprint density at radius 1 is 1.38 bits per heavy atom. The van der Waals surface area contributed by atoms with Gasteiger partial charge in [-0.05, 0) is 25.0 Å². The molecule has 2 aromatic rings. The maximum Gasteiger partial charge on any atom is 0.268 e. The number of aromatic amines is 1. The van der Waals surface area contributed by atoms with E-state index in [2.05, 4.69) is 10.3 Å². The third-order valence-corrected chi connectivity index (χ3v) is 4.75. The van der Waals surface area contributed by atoms with E-state index in [4.69, 9.17) is 10.5 Å². The molecule has 1 aromatic carbocycles. The third kappa shape index (κ3) is 2.04. The number of amides is 1. The number of hydrogen-bond acceptors (Lipinski definition) is 3. The first kappa shape index (κ1) is 12.9. The number of ether oxygens (including phenoxy) is 1. The summed E-state index contributed by atoms with van der Waals surface area (Å²) in [5, 5.41) is 4.06. The Balaban J connectivity index is 1.50. The van der Waals surface area contributed by atoms with Crippen LogP contribution in [0.25, 0.3) is 10.9 Å². The molecule has 1 amide bonds. The second kappa shape index (κ2) is 4.86. The van der Waals surface area contributed by atoms with Gasteiger partial charge in [0, 0.05) is 29.5 Å². The molecule has 2 heterocycles. The maximum absolute atomic E-state index is 12.4. The van der Waals surface area contributed by atoms with Crippen molar-refractivity contribution >= 4 is 16.8 Å². The lowest BCUT2D eigenvalue weighted by molar-refractivity contribution is -0.117. The van der Waals surface area contributed by atoms with Gasteiger partial charge in [0.1, 0.15) is 5.69 Å². The molecule has 2 aliphatic rings. The van der Waals surface area contributed by atoms with Crippen molar-refractivity contribution in [2.75, 3.05) is 6.61 Å². The second-order valence-corrected chi connectivity index (χ2v) is 5.99. The quantitative estimate of drug-likeness (QED) is 0.780. The minimum absolute atomic E-state index is 0.00336. The molecule has 1 saturated carbocycles. The number of hydrogen-bond donors (Lipinski definition) is 3. The molecule has 4 unspecified atom stereocenters. The van der Waals surface area contributed by atoms with Crippen molar-refractivity contribution < 1.29 is 9.53 Å². The SMILES string of the molecule is NC1C2CCCOC2C1NC(=O)c1cc2ccccc2[nH]1. The van der Waals surface area contributed by atoms with Crippen LogP contribution in [0.3, 0.4) is 0 Å². The van der Waals surface area contributed by atoms with Gasteiger partial charge in [0.15, 0.2) is 0 Å². The van der Waals surface area contributed by atoms with E-state index in [1.807, 2.05) is 30.3 Å². The molecule has 21 heavy (non-hydrogen) atoms. The highest BCUT2D eigenvalue weighted by atomic mass is 16.5. The normalized spacial score (nSPS) is 31.5. The number of fused-ring (bicyclic) bond motifs is 2. The van der Waals surface area contributed by atoms with Gasteiger partial charge in [0.05, 0.1) is 12.1 Å².